The van der Waals surface area contributed by atoms with E-state index in [1.807, 2.05) is 96.8 Å². The molecule has 0 spiro atoms. The van der Waals surface area contributed by atoms with E-state index in [-0.39, 0.29) is 24.4 Å². The first-order valence-electron chi connectivity index (χ1n) is 11.6. The number of benzene rings is 2. The molecule has 2 aromatic carbocycles. The quantitative estimate of drug-likeness (QED) is 0.332. The molecule has 0 aliphatic carbocycles. The van der Waals surface area contributed by atoms with Crippen LogP contribution in [0, 0.1) is 6.92 Å². The highest BCUT2D eigenvalue weighted by atomic mass is 32.1. The van der Waals surface area contributed by atoms with Crippen LogP contribution in [0.25, 0.3) is 11.3 Å². The lowest BCUT2D eigenvalue weighted by Gasteiger charge is -2.26. The molecule has 2 atom stereocenters. The first-order chi connectivity index (χ1) is 17.1. The number of hydrogen-bond acceptors (Lipinski definition) is 4. The van der Waals surface area contributed by atoms with Crippen LogP contribution in [0.5, 0.6) is 0 Å². The molecule has 2 N–H and O–H groups in total. The molecule has 1 aliphatic heterocycles. The Bertz CT molecular complexity index is 1320. The van der Waals surface area contributed by atoms with Crippen LogP contribution in [0.3, 0.4) is 0 Å². The van der Waals surface area contributed by atoms with Gasteiger partial charge < -0.3 is 20.0 Å². The van der Waals surface area contributed by atoms with Gasteiger partial charge in [0.1, 0.15) is 17.6 Å². The van der Waals surface area contributed by atoms with Crippen molar-refractivity contribution >= 4 is 28.9 Å². The van der Waals surface area contributed by atoms with E-state index in [2.05, 4.69) is 15.6 Å². The number of amides is 1. The normalized spacial score (nSPS) is 17.3. The Hall–Kier alpha value is -3.97. The molecule has 0 radical (unpaired) electrons. The van der Waals surface area contributed by atoms with Crippen LogP contribution in [0.2, 0.25) is 0 Å². The number of para-hydroxylation sites is 1. The van der Waals surface area contributed by atoms with Crippen LogP contribution in [0.4, 0.5) is 5.69 Å². The fourth-order valence-electron chi connectivity index (χ4n) is 4.37. The van der Waals surface area contributed by atoms with Crippen molar-refractivity contribution in [3.05, 3.63) is 108 Å². The standard InChI is InChI=1S/C28H26N4O2S/c1-19-9-5-6-12-21(19)30-25(33)16-18-32-27(26(31-28(32)35)22-13-7-8-17-29-22)24-15-14-23(34-24)20-10-3-2-4-11-20/h2-15,17,26-27H,16,18H2,1H3,(H,30,33)(H,31,35)/t26-,27+/m0/s1. The van der Waals surface area contributed by atoms with Crippen molar-refractivity contribution in [2.75, 3.05) is 11.9 Å². The largest absolute Gasteiger partial charge is 0.459 e. The maximum atomic E-state index is 12.8. The number of hydrogen-bond donors (Lipinski definition) is 2. The summed E-state index contributed by atoms with van der Waals surface area (Å²) in [5.41, 5.74) is 3.72. The predicted molar refractivity (Wildman–Crippen MR) is 141 cm³/mol. The zero-order valence-electron chi connectivity index (χ0n) is 19.3. The molecule has 0 unspecified atom stereocenters. The minimum Gasteiger partial charge on any atom is -0.459 e. The number of nitrogens with one attached hydrogen (secondary N) is 2. The average Bonchev–Trinajstić information content (AvgIpc) is 3.50. The number of rotatable bonds is 7. The molecule has 4 aromatic rings. The molecule has 35 heavy (non-hydrogen) atoms. The number of pyridine rings is 1. The molecule has 0 bridgehead atoms. The van der Waals surface area contributed by atoms with E-state index in [1.165, 1.54) is 0 Å². The molecule has 5 rings (SSSR count). The van der Waals surface area contributed by atoms with Crippen molar-refractivity contribution in [3.8, 4) is 11.3 Å². The second kappa shape index (κ2) is 10.1. The Morgan fingerprint density at radius 1 is 1.03 bits per heavy atom. The van der Waals surface area contributed by atoms with E-state index in [9.17, 15) is 4.79 Å². The third-order valence-corrected chi connectivity index (χ3v) is 6.53. The Morgan fingerprint density at radius 2 is 1.80 bits per heavy atom. The first-order valence-corrected chi connectivity index (χ1v) is 12.0. The molecule has 3 heterocycles. The molecular weight excluding hydrogens is 456 g/mol. The fourth-order valence-corrected chi connectivity index (χ4v) is 4.70. The van der Waals surface area contributed by atoms with Crippen molar-refractivity contribution in [1.29, 1.82) is 0 Å². The van der Waals surface area contributed by atoms with Crippen LogP contribution in [0.15, 0.2) is 95.5 Å². The van der Waals surface area contributed by atoms with Crippen molar-refractivity contribution in [1.82, 2.24) is 15.2 Å². The Labute approximate surface area is 210 Å². The van der Waals surface area contributed by atoms with Gasteiger partial charge >= 0.3 is 0 Å². The zero-order valence-corrected chi connectivity index (χ0v) is 20.2. The van der Waals surface area contributed by atoms with Gasteiger partial charge in [0.05, 0.1) is 11.7 Å². The fraction of sp³-hybridized carbons (Fsp3) is 0.179. The SMILES string of the molecule is Cc1ccccc1NC(=O)CCN1C(=S)N[C@@H](c2ccccn2)[C@H]1c1ccc(-c2ccccc2)o1. The number of nitrogens with zero attached hydrogens (tertiary/aromatic N) is 2. The van der Waals surface area contributed by atoms with Crippen LogP contribution >= 0.6 is 12.2 Å². The van der Waals surface area contributed by atoms with Gasteiger partial charge in [0.2, 0.25) is 5.91 Å². The molecule has 7 heteroatoms. The van der Waals surface area contributed by atoms with Crippen LogP contribution in [-0.4, -0.2) is 27.4 Å². The number of aromatic nitrogens is 1. The predicted octanol–water partition coefficient (Wildman–Crippen LogP) is 5.65. The van der Waals surface area contributed by atoms with Gasteiger partial charge in [-0.05, 0) is 55.0 Å². The van der Waals surface area contributed by atoms with Crippen LogP contribution in [0.1, 0.15) is 35.5 Å². The van der Waals surface area contributed by atoms with Gasteiger partial charge in [-0.25, -0.2) is 0 Å². The van der Waals surface area contributed by atoms with E-state index in [0.29, 0.717) is 11.7 Å². The molecule has 176 valence electrons. The van der Waals surface area contributed by atoms with Crippen molar-refractivity contribution in [3.63, 3.8) is 0 Å². The Morgan fingerprint density at radius 3 is 2.57 bits per heavy atom. The van der Waals surface area contributed by atoms with Gasteiger partial charge in [-0.2, -0.15) is 0 Å². The summed E-state index contributed by atoms with van der Waals surface area (Å²) in [6.45, 7) is 2.42. The van der Waals surface area contributed by atoms with Gasteiger partial charge in [0.25, 0.3) is 0 Å². The van der Waals surface area contributed by atoms with Gasteiger partial charge in [-0.3, -0.25) is 9.78 Å². The summed E-state index contributed by atoms with van der Waals surface area (Å²) >= 11 is 5.71. The lowest BCUT2D eigenvalue weighted by Crippen LogP contribution is -2.32. The van der Waals surface area contributed by atoms with Gasteiger partial charge in [-0.15, -0.1) is 0 Å². The molecule has 0 saturated carbocycles. The Kier molecular flexibility index (Phi) is 6.59. The highest BCUT2D eigenvalue weighted by Gasteiger charge is 2.41. The number of furan rings is 1. The number of thiocarbonyl (C=S) groups is 1. The minimum atomic E-state index is -0.235. The average molecular weight is 483 g/mol. The maximum Gasteiger partial charge on any atom is 0.226 e. The monoisotopic (exact) mass is 482 g/mol. The molecular formula is C28H26N4O2S. The summed E-state index contributed by atoms with van der Waals surface area (Å²) in [6.07, 6.45) is 2.06. The third-order valence-electron chi connectivity index (χ3n) is 6.17. The maximum absolute atomic E-state index is 12.8. The molecule has 1 amide bonds. The molecule has 6 nitrogen and oxygen atoms in total. The lowest BCUT2D eigenvalue weighted by atomic mass is 10.0. The number of aryl methyl sites for hydroxylation is 1. The minimum absolute atomic E-state index is 0.0634. The molecule has 2 aromatic heterocycles. The summed E-state index contributed by atoms with van der Waals surface area (Å²) in [5, 5.41) is 6.99. The summed E-state index contributed by atoms with van der Waals surface area (Å²) in [5.74, 6) is 1.49. The van der Waals surface area contributed by atoms with Gasteiger partial charge in [0.15, 0.2) is 5.11 Å². The van der Waals surface area contributed by atoms with E-state index in [1.54, 1.807) is 6.20 Å². The number of carbonyl (C=O) groups is 1. The highest BCUT2D eigenvalue weighted by molar-refractivity contribution is 7.80. The number of anilines is 1. The van der Waals surface area contributed by atoms with Crippen molar-refractivity contribution < 1.29 is 9.21 Å². The summed E-state index contributed by atoms with van der Waals surface area (Å²) in [7, 11) is 0. The summed E-state index contributed by atoms with van der Waals surface area (Å²) in [6, 6.07) is 27.1. The van der Waals surface area contributed by atoms with Crippen molar-refractivity contribution in [2.45, 2.75) is 25.4 Å². The summed E-state index contributed by atoms with van der Waals surface area (Å²) < 4.78 is 6.33. The smallest absolute Gasteiger partial charge is 0.226 e. The first kappa shape index (κ1) is 22.8. The highest BCUT2D eigenvalue weighted by Crippen LogP contribution is 2.40. The third kappa shape index (κ3) is 4.95. The topological polar surface area (TPSA) is 70.4 Å². The van der Waals surface area contributed by atoms with Crippen LogP contribution < -0.4 is 10.6 Å². The van der Waals surface area contributed by atoms with Crippen molar-refractivity contribution in [2.24, 2.45) is 0 Å². The van der Waals surface area contributed by atoms with E-state index >= 15 is 0 Å². The van der Waals surface area contributed by atoms with E-state index in [0.717, 1.165) is 34.0 Å². The van der Waals surface area contributed by atoms with Gasteiger partial charge in [0, 0.05) is 30.4 Å². The second-order valence-electron chi connectivity index (χ2n) is 8.50. The number of carbonyl (C=O) groups excluding carboxylic acids is 1. The lowest BCUT2D eigenvalue weighted by molar-refractivity contribution is -0.116. The molecule has 1 aliphatic rings. The second-order valence-corrected chi connectivity index (χ2v) is 8.89. The van der Waals surface area contributed by atoms with E-state index in [4.69, 9.17) is 16.6 Å². The molecule has 1 fully saturated rings. The molecule has 1 saturated heterocycles. The Balaban J connectivity index is 1.39. The van der Waals surface area contributed by atoms with Gasteiger partial charge in [-0.1, -0.05) is 54.6 Å². The zero-order chi connectivity index (χ0) is 24.2. The summed E-state index contributed by atoms with van der Waals surface area (Å²) in [4.78, 5) is 19.4. The van der Waals surface area contributed by atoms with E-state index < -0.39 is 0 Å². The van der Waals surface area contributed by atoms with Crippen LogP contribution in [-0.2, 0) is 4.79 Å².